The first kappa shape index (κ1) is 23.9. The number of likely N-dealkylation sites (tertiary alicyclic amines) is 1. The van der Waals surface area contributed by atoms with Crippen LogP contribution in [-0.2, 0) is 0 Å². The molecule has 3 aromatic carbocycles. The molecule has 6 rings (SSSR count). The van der Waals surface area contributed by atoms with Crippen molar-refractivity contribution in [3.8, 4) is 23.0 Å². The number of hydrogen-bond acceptors (Lipinski definition) is 5. The standard InChI is InChI=1S/C32H35NO4/c1-20(33-17-24-6-3-7-25(24)18-33)19-36-28-12-9-22(10-13-28)32-31(23-5-4-8-26(34)15-23)21(2)29-16-27(35)11-14-30(29)37-32/h4-5,8-16,20,24-25,32,34-35H,3,6-7,17-19H2,1-2H3/t20?,24-,25+,32?. The lowest BCUT2D eigenvalue weighted by atomic mass is 9.86. The number of nitrogens with zero attached hydrogens (tertiary/aromatic N) is 1. The molecule has 2 aliphatic heterocycles. The molecule has 5 nitrogen and oxygen atoms in total. The minimum absolute atomic E-state index is 0.197. The van der Waals surface area contributed by atoms with Crippen LogP contribution in [0.1, 0.15) is 55.9 Å². The van der Waals surface area contributed by atoms with E-state index in [-0.39, 0.29) is 17.6 Å². The highest BCUT2D eigenvalue weighted by Crippen LogP contribution is 2.47. The summed E-state index contributed by atoms with van der Waals surface area (Å²) in [5.41, 5.74) is 4.73. The Bertz CT molecular complexity index is 1300. The van der Waals surface area contributed by atoms with Crippen LogP contribution >= 0.6 is 0 Å². The fourth-order valence-electron chi connectivity index (χ4n) is 6.41. The van der Waals surface area contributed by atoms with Crippen molar-refractivity contribution in [1.82, 2.24) is 4.90 Å². The van der Waals surface area contributed by atoms with E-state index in [1.54, 1.807) is 24.3 Å². The number of allylic oxidation sites excluding steroid dienone is 1. The molecule has 2 fully saturated rings. The van der Waals surface area contributed by atoms with Crippen LogP contribution in [0, 0.1) is 11.8 Å². The van der Waals surface area contributed by atoms with Crippen molar-refractivity contribution < 1.29 is 19.7 Å². The molecule has 2 unspecified atom stereocenters. The topological polar surface area (TPSA) is 62.2 Å². The van der Waals surface area contributed by atoms with Gasteiger partial charge in [-0.15, -0.1) is 0 Å². The van der Waals surface area contributed by atoms with E-state index >= 15 is 0 Å². The van der Waals surface area contributed by atoms with E-state index in [9.17, 15) is 10.2 Å². The molecule has 4 atom stereocenters. The molecule has 1 saturated heterocycles. The summed E-state index contributed by atoms with van der Waals surface area (Å²) >= 11 is 0. The Labute approximate surface area is 219 Å². The van der Waals surface area contributed by atoms with Crippen LogP contribution in [0.25, 0.3) is 11.1 Å². The van der Waals surface area contributed by atoms with Crippen molar-refractivity contribution in [2.24, 2.45) is 11.8 Å². The monoisotopic (exact) mass is 497 g/mol. The summed E-state index contributed by atoms with van der Waals surface area (Å²) in [5, 5.41) is 20.3. The quantitative estimate of drug-likeness (QED) is 0.399. The lowest BCUT2D eigenvalue weighted by molar-refractivity contribution is 0.163. The van der Waals surface area contributed by atoms with Crippen LogP contribution in [-0.4, -0.2) is 40.9 Å². The summed E-state index contributed by atoms with van der Waals surface area (Å²) in [6.07, 6.45) is 3.84. The van der Waals surface area contributed by atoms with Gasteiger partial charge in [-0.2, -0.15) is 0 Å². The van der Waals surface area contributed by atoms with Gasteiger partial charge >= 0.3 is 0 Å². The molecule has 0 radical (unpaired) electrons. The average molecular weight is 498 g/mol. The van der Waals surface area contributed by atoms with E-state index in [1.807, 2.05) is 37.3 Å². The fourth-order valence-corrected chi connectivity index (χ4v) is 6.41. The second-order valence-electron chi connectivity index (χ2n) is 10.9. The second-order valence-corrected chi connectivity index (χ2v) is 10.9. The smallest absolute Gasteiger partial charge is 0.150 e. The van der Waals surface area contributed by atoms with Crippen molar-refractivity contribution in [3.05, 3.63) is 83.4 Å². The Balaban J connectivity index is 1.22. The second kappa shape index (κ2) is 9.79. The number of benzene rings is 3. The number of phenolic OH excluding ortho intramolecular Hbond substituents is 2. The van der Waals surface area contributed by atoms with Crippen LogP contribution in [0.15, 0.2) is 66.7 Å². The molecular weight excluding hydrogens is 462 g/mol. The van der Waals surface area contributed by atoms with Gasteiger partial charge in [0.25, 0.3) is 0 Å². The molecule has 0 bridgehead atoms. The predicted molar refractivity (Wildman–Crippen MR) is 146 cm³/mol. The predicted octanol–water partition coefficient (Wildman–Crippen LogP) is 6.66. The third-order valence-corrected chi connectivity index (χ3v) is 8.49. The van der Waals surface area contributed by atoms with Crippen molar-refractivity contribution in [2.45, 2.75) is 45.3 Å². The summed E-state index contributed by atoms with van der Waals surface area (Å²) in [4.78, 5) is 2.60. The highest BCUT2D eigenvalue weighted by Gasteiger charge is 2.37. The average Bonchev–Trinajstić information content (AvgIpc) is 3.51. The molecule has 3 aliphatic rings. The van der Waals surface area contributed by atoms with Crippen LogP contribution in [0.3, 0.4) is 0 Å². The zero-order chi connectivity index (χ0) is 25.5. The summed E-state index contributed by atoms with van der Waals surface area (Å²) < 4.78 is 12.7. The molecular formula is C32H35NO4. The molecule has 0 spiro atoms. The third kappa shape index (κ3) is 4.69. The Kier molecular flexibility index (Phi) is 6.33. The van der Waals surface area contributed by atoms with Gasteiger partial charge in [0.1, 0.15) is 35.7 Å². The van der Waals surface area contributed by atoms with E-state index < -0.39 is 0 Å². The first-order valence-corrected chi connectivity index (χ1v) is 13.4. The molecule has 3 aromatic rings. The minimum atomic E-state index is -0.351. The van der Waals surface area contributed by atoms with Gasteiger partial charge in [-0.3, -0.25) is 4.90 Å². The van der Waals surface area contributed by atoms with E-state index in [1.165, 1.54) is 32.4 Å². The largest absolute Gasteiger partial charge is 0.508 e. The molecule has 0 aromatic heterocycles. The summed E-state index contributed by atoms with van der Waals surface area (Å²) in [5.74, 6) is 3.78. The first-order valence-electron chi connectivity index (χ1n) is 13.4. The Hall–Kier alpha value is -3.44. The minimum Gasteiger partial charge on any atom is -0.508 e. The van der Waals surface area contributed by atoms with Crippen LogP contribution in [0.4, 0.5) is 0 Å². The fraction of sp³-hybridized carbons (Fsp3) is 0.375. The van der Waals surface area contributed by atoms with Crippen molar-refractivity contribution in [1.29, 1.82) is 0 Å². The van der Waals surface area contributed by atoms with Crippen LogP contribution < -0.4 is 9.47 Å². The third-order valence-electron chi connectivity index (χ3n) is 8.49. The van der Waals surface area contributed by atoms with Gasteiger partial charge in [0.05, 0.1) is 0 Å². The molecule has 1 saturated carbocycles. The zero-order valence-electron chi connectivity index (χ0n) is 21.6. The van der Waals surface area contributed by atoms with E-state index in [0.29, 0.717) is 12.6 Å². The van der Waals surface area contributed by atoms with E-state index in [0.717, 1.165) is 51.2 Å². The lowest BCUT2D eigenvalue weighted by Gasteiger charge is -2.31. The van der Waals surface area contributed by atoms with Crippen molar-refractivity contribution in [2.75, 3.05) is 19.7 Å². The SMILES string of the molecule is CC1=C(c2cccc(O)c2)C(c2ccc(OCC(C)N3C[C@H]4CCC[C@H]4C3)cc2)Oc2ccc(O)cc21. The molecule has 2 N–H and O–H groups in total. The lowest BCUT2D eigenvalue weighted by Crippen LogP contribution is -2.36. The van der Waals surface area contributed by atoms with Crippen molar-refractivity contribution >= 4 is 11.1 Å². The van der Waals surface area contributed by atoms with E-state index in [4.69, 9.17) is 9.47 Å². The maximum absolute atomic E-state index is 10.2. The molecule has 2 heterocycles. The normalized spacial score (nSPS) is 23.9. The number of phenols is 2. The van der Waals surface area contributed by atoms with Gasteiger partial charge in [-0.05, 0) is 97.7 Å². The van der Waals surface area contributed by atoms with Gasteiger partial charge in [-0.25, -0.2) is 0 Å². The first-order chi connectivity index (χ1) is 18.0. The van der Waals surface area contributed by atoms with Gasteiger partial charge in [-0.1, -0.05) is 30.7 Å². The number of fused-ring (bicyclic) bond motifs is 2. The van der Waals surface area contributed by atoms with Gasteiger partial charge in [0.15, 0.2) is 0 Å². The number of rotatable bonds is 6. The number of ether oxygens (including phenoxy) is 2. The van der Waals surface area contributed by atoms with Gasteiger partial charge in [0.2, 0.25) is 0 Å². The van der Waals surface area contributed by atoms with Crippen LogP contribution in [0.5, 0.6) is 23.0 Å². The number of hydrogen-bond donors (Lipinski definition) is 2. The summed E-state index contributed by atoms with van der Waals surface area (Å²) in [7, 11) is 0. The number of aromatic hydroxyl groups is 2. The van der Waals surface area contributed by atoms with E-state index in [2.05, 4.69) is 24.0 Å². The maximum atomic E-state index is 10.2. The molecule has 192 valence electrons. The Morgan fingerprint density at radius 1 is 0.946 bits per heavy atom. The van der Waals surface area contributed by atoms with Gasteiger partial charge < -0.3 is 19.7 Å². The van der Waals surface area contributed by atoms with Gasteiger partial charge in [0, 0.05) is 30.3 Å². The molecule has 37 heavy (non-hydrogen) atoms. The molecule has 0 amide bonds. The Morgan fingerprint density at radius 2 is 1.68 bits per heavy atom. The Morgan fingerprint density at radius 3 is 2.41 bits per heavy atom. The zero-order valence-corrected chi connectivity index (χ0v) is 21.6. The van der Waals surface area contributed by atoms with Crippen molar-refractivity contribution in [3.63, 3.8) is 0 Å². The highest BCUT2D eigenvalue weighted by molar-refractivity contribution is 5.95. The maximum Gasteiger partial charge on any atom is 0.150 e. The summed E-state index contributed by atoms with van der Waals surface area (Å²) in [6, 6.07) is 21.0. The van der Waals surface area contributed by atoms with Crippen LogP contribution in [0.2, 0.25) is 0 Å². The highest BCUT2D eigenvalue weighted by atomic mass is 16.5. The molecule has 5 heteroatoms. The summed E-state index contributed by atoms with van der Waals surface area (Å²) in [6.45, 7) is 7.43. The molecule has 1 aliphatic carbocycles.